The first kappa shape index (κ1) is 15.2. The molecule has 2 aromatic rings. The first-order chi connectivity index (χ1) is 9.40. The van der Waals surface area contributed by atoms with Crippen LogP contribution >= 0.6 is 15.9 Å². The van der Waals surface area contributed by atoms with Crippen molar-refractivity contribution in [3.63, 3.8) is 0 Å². The van der Waals surface area contributed by atoms with Crippen LogP contribution in [0, 0.1) is 17.6 Å². The van der Waals surface area contributed by atoms with Gasteiger partial charge in [0.25, 0.3) is 0 Å². The van der Waals surface area contributed by atoms with E-state index in [1.807, 2.05) is 13.8 Å². The predicted molar refractivity (Wildman–Crippen MR) is 77.4 cm³/mol. The van der Waals surface area contributed by atoms with Gasteiger partial charge in [-0.25, -0.2) is 8.78 Å². The van der Waals surface area contributed by atoms with E-state index in [2.05, 4.69) is 15.9 Å². The number of nitrogens with zero attached hydrogens (tertiary/aromatic N) is 1. The van der Waals surface area contributed by atoms with E-state index in [-0.39, 0.29) is 22.5 Å². The highest BCUT2D eigenvalue weighted by atomic mass is 79.9. The second-order valence-corrected chi connectivity index (χ2v) is 5.98. The van der Waals surface area contributed by atoms with Crippen LogP contribution < -0.4 is 0 Å². The van der Waals surface area contributed by atoms with Crippen molar-refractivity contribution in [2.75, 3.05) is 0 Å². The summed E-state index contributed by atoms with van der Waals surface area (Å²) in [5.74, 6) is -1.08. The van der Waals surface area contributed by atoms with Crippen molar-refractivity contribution in [2.24, 2.45) is 5.92 Å². The van der Waals surface area contributed by atoms with E-state index >= 15 is 0 Å². The zero-order valence-corrected chi connectivity index (χ0v) is 12.9. The SMILES string of the molecule is CC(C)C(O)c1ccn(Cc2c(F)ccc(Br)c2F)c1. The average Bonchev–Trinajstić information content (AvgIpc) is 2.86. The molecule has 1 atom stereocenters. The minimum atomic E-state index is -0.593. The molecule has 1 aromatic carbocycles. The molecule has 2 nitrogen and oxygen atoms in total. The van der Waals surface area contributed by atoms with E-state index in [9.17, 15) is 13.9 Å². The van der Waals surface area contributed by atoms with Crippen molar-refractivity contribution >= 4 is 15.9 Å². The third-order valence-electron chi connectivity index (χ3n) is 3.23. The van der Waals surface area contributed by atoms with Crippen LogP contribution in [0.4, 0.5) is 8.78 Å². The second-order valence-electron chi connectivity index (χ2n) is 5.13. The molecule has 0 bridgehead atoms. The predicted octanol–water partition coefficient (Wildman–Crippen LogP) is 4.27. The Labute approximate surface area is 125 Å². The maximum atomic E-state index is 13.9. The lowest BCUT2D eigenvalue weighted by Crippen LogP contribution is -2.06. The van der Waals surface area contributed by atoms with Crippen LogP contribution in [0.2, 0.25) is 0 Å². The highest BCUT2D eigenvalue weighted by Crippen LogP contribution is 2.24. The summed E-state index contributed by atoms with van der Waals surface area (Å²) in [6.07, 6.45) is 2.85. The molecule has 108 valence electrons. The topological polar surface area (TPSA) is 25.2 Å². The van der Waals surface area contributed by atoms with Crippen molar-refractivity contribution in [1.29, 1.82) is 0 Å². The molecule has 0 spiro atoms. The van der Waals surface area contributed by atoms with Crippen molar-refractivity contribution in [3.8, 4) is 0 Å². The van der Waals surface area contributed by atoms with Crippen LogP contribution in [0.1, 0.15) is 31.1 Å². The van der Waals surface area contributed by atoms with Gasteiger partial charge in [-0.05, 0) is 45.6 Å². The van der Waals surface area contributed by atoms with Crippen molar-refractivity contribution in [2.45, 2.75) is 26.5 Å². The van der Waals surface area contributed by atoms with Gasteiger partial charge in [0.15, 0.2) is 0 Å². The highest BCUT2D eigenvalue weighted by Gasteiger charge is 2.15. The quantitative estimate of drug-likeness (QED) is 0.824. The number of aliphatic hydroxyl groups is 1. The zero-order valence-electron chi connectivity index (χ0n) is 11.3. The molecule has 1 aromatic heterocycles. The van der Waals surface area contributed by atoms with Crippen LogP contribution in [0.15, 0.2) is 35.1 Å². The van der Waals surface area contributed by atoms with Gasteiger partial charge in [0, 0.05) is 18.0 Å². The van der Waals surface area contributed by atoms with Gasteiger partial charge in [0.05, 0.1) is 17.1 Å². The standard InChI is InChI=1S/C15H16BrF2NO/c1-9(2)15(20)10-5-6-19(7-10)8-11-13(17)4-3-12(16)14(11)18/h3-7,9,15,20H,8H2,1-2H3. The Morgan fingerprint density at radius 3 is 2.60 bits per heavy atom. The maximum Gasteiger partial charge on any atom is 0.145 e. The largest absolute Gasteiger partial charge is 0.388 e. The molecule has 0 radical (unpaired) electrons. The molecule has 1 unspecified atom stereocenters. The first-order valence-electron chi connectivity index (χ1n) is 6.36. The fourth-order valence-corrected chi connectivity index (χ4v) is 2.39. The fraction of sp³-hybridized carbons (Fsp3) is 0.333. The molecule has 0 aliphatic heterocycles. The van der Waals surface area contributed by atoms with Crippen LogP contribution in [-0.4, -0.2) is 9.67 Å². The van der Waals surface area contributed by atoms with E-state index in [0.717, 1.165) is 5.56 Å². The van der Waals surface area contributed by atoms with Gasteiger partial charge in [-0.1, -0.05) is 13.8 Å². The van der Waals surface area contributed by atoms with Crippen molar-refractivity contribution in [3.05, 3.63) is 57.8 Å². The van der Waals surface area contributed by atoms with E-state index in [1.165, 1.54) is 12.1 Å². The highest BCUT2D eigenvalue weighted by molar-refractivity contribution is 9.10. The van der Waals surface area contributed by atoms with Gasteiger partial charge in [-0.2, -0.15) is 0 Å². The number of rotatable bonds is 4. The minimum Gasteiger partial charge on any atom is -0.388 e. The number of aliphatic hydroxyl groups excluding tert-OH is 1. The zero-order chi connectivity index (χ0) is 14.9. The first-order valence-corrected chi connectivity index (χ1v) is 7.15. The molecule has 0 aliphatic carbocycles. The van der Waals surface area contributed by atoms with Gasteiger partial charge in [-0.15, -0.1) is 0 Å². The number of hydrogen-bond acceptors (Lipinski definition) is 1. The van der Waals surface area contributed by atoms with E-state index in [0.29, 0.717) is 0 Å². The van der Waals surface area contributed by atoms with Crippen molar-refractivity contribution < 1.29 is 13.9 Å². The van der Waals surface area contributed by atoms with Gasteiger partial charge in [0.1, 0.15) is 11.6 Å². The lowest BCUT2D eigenvalue weighted by molar-refractivity contribution is 0.127. The number of aromatic nitrogens is 1. The normalized spacial score (nSPS) is 12.9. The number of halogens is 3. The molecular formula is C15H16BrF2NO. The molecule has 0 fully saturated rings. The maximum absolute atomic E-state index is 13.9. The lowest BCUT2D eigenvalue weighted by Gasteiger charge is -2.12. The Morgan fingerprint density at radius 1 is 1.25 bits per heavy atom. The monoisotopic (exact) mass is 343 g/mol. The van der Waals surface area contributed by atoms with E-state index in [1.54, 1.807) is 23.0 Å². The molecule has 0 aliphatic rings. The molecule has 1 heterocycles. The molecule has 0 saturated heterocycles. The average molecular weight is 344 g/mol. The Kier molecular flexibility index (Phi) is 4.60. The summed E-state index contributed by atoms with van der Waals surface area (Å²) < 4.78 is 29.5. The molecule has 0 saturated carbocycles. The summed E-state index contributed by atoms with van der Waals surface area (Å²) in [6, 6.07) is 4.34. The van der Waals surface area contributed by atoms with Crippen LogP contribution in [0.25, 0.3) is 0 Å². The summed E-state index contributed by atoms with van der Waals surface area (Å²) >= 11 is 3.05. The Hall–Kier alpha value is -1.20. The molecule has 1 N–H and O–H groups in total. The van der Waals surface area contributed by atoms with Gasteiger partial charge in [-0.3, -0.25) is 0 Å². The Bertz CT molecular complexity index is 610. The summed E-state index contributed by atoms with van der Waals surface area (Å²) in [5.41, 5.74) is 0.747. The van der Waals surface area contributed by atoms with Gasteiger partial charge in [0.2, 0.25) is 0 Å². The molecule has 0 amide bonds. The van der Waals surface area contributed by atoms with Crippen LogP contribution in [-0.2, 0) is 6.54 Å². The van der Waals surface area contributed by atoms with Gasteiger partial charge < -0.3 is 9.67 Å². The smallest absolute Gasteiger partial charge is 0.145 e. The van der Waals surface area contributed by atoms with E-state index in [4.69, 9.17) is 0 Å². The van der Waals surface area contributed by atoms with Crippen LogP contribution in [0.3, 0.4) is 0 Å². The second kappa shape index (κ2) is 6.06. The van der Waals surface area contributed by atoms with Crippen molar-refractivity contribution in [1.82, 2.24) is 4.57 Å². The number of benzene rings is 1. The summed E-state index contributed by atoms with van der Waals surface area (Å²) in [5, 5.41) is 9.96. The van der Waals surface area contributed by atoms with Crippen LogP contribution in [0.5, 0.6) is 0 Å². The third kappa shape index (κ3) is 3.10. The molecular weight excluding hydrogens is 328 g/mol. The number of hydrogen-bond donors (Lipinski definition) is 1. The summed E-state index contributed by atoms with van der Waals surface area (Å²) in [7, 11) is 0. The molecule has 20 heavy (non-hydrogen) atoms. The molecule has 5 heteroatoms. The summed E-state index contributed by atoms with van der Waals surface area (Å²) in [6.45, 7) is 3.91. The Morgan fingerprint density at radius 2 is 1.95 bits per heavy atom. The van der Waals surface area contributed by atoms with E-state index < -0.39 is 17.7 Å². The summed E-state index contributed by atoms with van der Waals surface area (Å²) in [4.78, 5) is 0. The Balaban J connectivity index is 2.26. The fourth-order valence-electron chi connectivity index (χ4n) is 2.01. The minimum absolute atomic E-state index is 0.000520. The van der Waals surface area contributed by atoms with Gasteiger partial charge >= 0.3 is 0 Å². The lowest BCUT2D eigenvalue weighted by atomic mass is 10.0. The molecule has 2 rings (SSSR count). The third-order valence-corrected chi connectivity index (χ3v) is 3.84.